The topological polar surface area (TPSA) is 26.3 Å². The number of fused-ring (bicyclic) bond motifs is 1. The van der Waals surface area contributed by atoms with Crippen molar-refractivity contribution in [2.24, 2.45) is 17.3 Å². The standard InChI is InChI=1S/C12H19ClO2/c1-7(14)15-10-5-8-9(11(8,2)3)6-12(10,4)13/h8-10H,5-6H2,1-4H3. The van der Waals surface area contributed by atoms with Crippen molar-refractivity contribution in [1.29, 1.82) is 0 Å². The Morgan fingerprint density at radius 2 is 1.93 bits per heavy atom. The fourth-order valence-electron chi connectivity index (χ4n) is 3.14. The molecule has 86 valence electrons. The Labute approximate surface area is 96.3 Å². The molecular formula is C12H19ClO2. The summed E-state index contributed by atoms with van der Waals surface area (Å²) in [6.07, 6.45) is 1.78. The van der Waals surface area contributed by atoms with E-state index in [1.807, 2.05) is 6.92 Å². The maximum Gasteiger partial charge on any atom is 0.302 e. The van der Waals surface area contributed by atoms with Gasteiger partial charge >= 0.3 is 5.97 Å². The average Bonchev–Trinajstić information content (AvgIpc) is 2.52. The highest BCUT2D eigenvalue weighted by Crippen LogP contribution is 2.67. The van der Waals surface area contributed by atoms with Crippen molar-refractivity contribution < 1.29 is 9.53 Å². The fraction of sp³-hybridized carbons (Fsp3) is 0.917. The SMILES string of the molecule is CC(=O)OC1CC2C(CC1(C)Cl)C2(C)C. The Kier molecular flexibility index (Phi) is 2.35. The molecule has 0 aromatic heterocycles. The largest absolute Gasteiger partial charge is 0.461 e. The summed E-state index contributed by atoms with van der Waals surface area (Å²) in [5, 5.41) is 0. The van der Waals surface area contributed by atoms with Crippen LogP contribution in [0, 0.1) is 17.3 Å². The van der Waals surface area contributed by atoms with Crippen molar-refractivity contribution in [2.75, 3.05) is 0 Å². The van der Waals surface area contributed by atoms with Gasteiger partial charge in [0.05, 0.1) is 4.87 Å². The molecule has 0 aromatic carbocycles. The summed E-state index contributed by atoms with van der Waals surface area (Å²) < 4.78 is 5.33. The van der Waals surface area contributed by atoms with Gasteiger partial charge in [-0.2, -0.15) is 0 Å². The van der Waals surface area contributed by atoms with E-state index in [-0.39, 0.29) is 16.9 Å². The van der Waals surface area contributed by atoms with Gasteiger partial charge in [-0.25, -0.2) is 0 Å². The van der Waals surface area contributed by atoms with E-state index in [9.17, 15) is 4.79 Å². The molecule has 2 aliphatic carbocycles. The molecule has 0 aromatic rings. The number of hydrogen-bond donors (Lipinski definition) is 0. The van der Waals surface area contributed by atoms with E-state index in [4.69, 9.17) is 16.3 Å². The van der Waals surface area contributed by atoms with Gasteiger partial charge in [-0.05, 0) is 37.0 Å². The molecule has 0 N–H and O–H groups in total. The van der Waals surface area contributed by atoms with Crippen LogP contribution >= 0.6 is 11.6 Å². The van der Waals surface area contributed by atoms with E-state index < -0.39 is 0 Å². The Morgan fingerprint density at radius 3 is 2.47 bits per heavy atom. The number of ether oxygens (including phenoxy) is 1. The van der Waals surface area contributed by atoms with Gasteiger partial charge in [-0.1, -0.05) is 13.8 Å². The van der Waals surface area contributed by atoms with E-state index in [1.165, 1.54) is 6.92 Å². The van der Waals surface area contributed by atoms with Gasteiger partial charge in [-0.3, -0.25) is 4.79 Å². The predicted octanol–water partition coefficient (Wildman–Crippen LogP) is 2.98. The number of halogens is 1. The third kappa shape index (κ3) is 1.77. The molecule has 4 atom stereocenters. The summed E-state index contributed by atoms with van der Waals surface area (Å²) in [4.78, 5) is 10.6. The minimum atomic E-state index is -0.374. The van der Waals surface area contributed by atoms with Crippen LogP contribution in [0.3, 0.4) is 0 Å². The first-order valence-corrected chi connectivity index (χ1v) is 5.99. The molecule has 2 rings (SSSR count). The van der Waals surface area contributed by atoms with E-state index in [0.717, 1.165) is 12.8 Å². The van der Waals surface area contributed by atoms with Gasteiger partial charge in [-0.15, -0.1) is 11.6 Å². The minimum absolute atomic E-state index is 0.111. The number of alkyl halides is 1. The number of hydrogen-bond acceptors (Lipinski definition) is 2. The van der Waals surface area contributed by atoms with Crippen molar-refractivity contribution in [3.8, 4) is 0 Å². The number of rotatable bonds is 1. The molecule has 15 heavy (non-hydrogen) atoms. The first-order chi connectivity index (χ1) is 6.75. The van der Waals surface area contributed by atoms with E-state index in [2.05, 4.69) is 13.8 Å². The maximum absolute atomic E-state index is 11.0. The van der Waals surface area contributed by atoms with Gasteiger partial charge in [0.2, 0.25) is 0 Å². The lowest BCUT2D eigenvalue weighted by Gasteiger charge is -2.34. The highest BCUT2D eigenvalue weighted by atomic mass is 35.5. The molecule has 0 heterocycles. The van der Waals surface area contributed by atoms with Crippen molar-refractivity contribution in [3.05, 3.63) is 0 Å². The normalized spacial score (nSPS) is 46.9. The molecule has 2 fully saturated rings. The molecule has 0 spiro atoms. The van der Waals surface area contributed by atoms with Crippen LogP contribution in [-0.2, 0) is 9.53 Å². The Hall–Kier alpha value is -0.240. The lowest BCUT2D eigenvalue weighted by atomic mass is 9.87. The molecular weight excluding hydrogens is 212 g/mol. The molecule has 3 heteroatoms. The third-order valence-corrected chi connectivity index (χ3v) is 4.75. The highest BCUT2D eigenvalue weighted by molar-refractivity contribution is 6.24. The third-order valence-electron chi connectivity index (χ3n) is 4.35. The number of esters is 1. The summed E-state index contributed by atoms with van der Waals surface area (Å²) in [5.41, 5.74) is 0.394. The second-order valence-corrected chi connectivity index (χ2v) is 6.71. The van der Waals surface area contributed by atoms with Gasteiger partial charge < -0.3 is 4.74 Å². The second-order valence-electron chi connectivity index (χ2n) is 5.85. The molecule has 2 saturated carbocycles. The van der Waals surface area contributed by atoms with Crippen molar-refractivity contribution in [3.63, 3.8) is 0 Å². The van der Waals surface area contributed by atoms with E-state index in [0.29, 0.717) is 17.3 Å². The first-order valence-electron chi connectivity index (χ1n) is 5.61. The Bertz CT molecular complexity index is 296. The second kappa shape index (κ2) is 3.13. The average molecular weight is 231 g/mol. The van der Waals surface area contributed by atoms with Crippen LogP contribution in [-0.4, -0.2) is 16.9 Å². The Morgan fingerprint density at radius 1 is 1.33 bits per heavy atom. The van der Waals surface area contributed by atoms with Crippen molar-refractivity contribution in [1.82, 2.24) is 0 Å². The molecule has 2 nitrogen and oxygen atoms in total. The molecule has 0 radical (unpaired) electrons. The monoisotopic (exact) mass is 230 g/mol. The molecule has 0 saturated heterocycles. The maximum atomic E-state index is 11.0. The molecule has 2 aliphatic rings. The zero-order valence-corrected chi connectivity index (χ0v) is 10.6. The van der Waals surface area contributed by atoms with Crippen LogP contribution < -0.4 is 0 Å². The van der Waals surface area contributed by atoms with Crippen LogP contribution in [0.25, 0.3) is 0 Å². The smallest absolute Gasteiger partial charge is 0.302 e. The van der Waals surface area contributed by atoms with Crippen LogP contribution in [0.4, 0.5) is 0 Å². The van der Waals surface area contributed by atoms with Gasteiger partial charge in [0, 0.05) is 6.92 Å². The Balaban J connectivity index is 2.10. The van der Waals surface area contributed by atoms with Crippen LogP contribution in [0.5, 0.6) is 0 Å². The summed E-state index contributed by atoms with van der Waals surface area (Å²) >= 11 is 6.45. The van der Waals surface area contributed by atoms with Gasteiger partial charge in [0.25, 0.3) is 0 Å². The summed E-state index contributed by atoms with van der Waals surface area (Å²) in [5.74, 6) is 1.18. The highest BCUT2D eigenvalue weighted by Gasteiger charge is 2.64. The molecule has 0 amide bonds. The number of carbonyl (C=O) groups excluding carboxylic acids is 1. The lowest BCUT2D eigenvalue weighted by Crippen LogP contribution is -2.40. The number of carbonyl (C=O) groups is 1. The molecule has 0 aliphatic heterocycles. The predicted molar refractivity (Wildman–Crippen MR) is 59.8 cm³/mol. The fourth-order valence-corrected chi connectivity index (χ4v) is 3.44. The zero-order chi connectivity index (χ0) is 11.4. The quantitative estimate of drug-likeness (QED) is 0.511. The van der Waals surface area contributed by atoms with Gasteiger partial charge in [0.1, 0.15) is 6.10 Å². The van der Waals surface area contributed by atoms with E-state index in [1.54, 1.807) is 0 Å². The van der Waals surface area contributed by atoms with Gasteiger partial charge in [0.15, 0.2) is 0 Å². The van der Waals surface area contributed by atoms with Crippen LogP contribution in [0.15, 0.2) is 0 Å². The summed E-state index contributed by atoms with van der Waals surface area (Å²) in [7, 11) is 0. The van der Waals surface area contributed by atoms with E-state index >= 15 is 0 Å². The zero-order valence-electron chi connectivity index (χ0n) is 9.84. The first kappa shape index (κ1) is 11.3. The van der Waals surface area contributed by atoms with Crippen molar-refractivity contribution >= 4 is 17.6 Å². The molecule has 4 unspecified atom stereocenters. The molecule has 0 bridgehead atoms. The van der Waals surface area contributed by atoms with Crippen molar-refractivity contribution in [2.45, 2.75) is 51.5 Å². The summed E-state index contributed by atoms with van der Waals surface area (Å²) in [6.45, 7) is 8.01. The lowest BCUT2D eigenvalue weighted by molar-refractivity contribution is -0.149. The van der Waals surface area contributed by atoms with Crippen LogP contribution in [0.2, 0.25) is 0 Å². The summed E-state index contributed by atoms with van der Waals surface area (Å²) in [6, 6.07) is 0. The van der Waals surface area contributed by atoms with Crippen LogP contribution in [0.1, 0.15) is 40.5 Å². The minimum Gasteiger partial charge on any atom is -0.461 e.